The number of rotatable bonds is 4. The van der Waals surface area contributed by atoms with Crippen LogP contribution in [-0.4, -0.2) is 14.9 Å². The van der Waals surface area contributed by atoms with Gasteiger partial charge in [-0.15, -0.1) is 0 Å². The van der Waals surface area contributed by atoms with E-state index in [9.17, 15) is 5.11 Å². The molecule has 2 aromatic rings. The van der Waals surface area contributed by atoms with Gasteiger partial charge in [0.05, 0.1) is 18.3 Å². The van der Waals surface area contributed by atoms with Crippen LogP contribution >= 0.6 is 0 Å². The molecular formula is C15H21N3O. The van der Waals surface area contributed by atoms with E-state index in [-0.39, 0.29) is 0 Å². The molecule has 19 heavy (non-hydrogen) atoms. The molecule has 0 saturated heterocycles. The van der Waals surface area contributed by atoms with Crippen LogP contribution in [0.1, 0.15) is 35.5 Å². The average molecular weight is 259 g/mol. The predicted octanol–water partition coefficient (Wildman–Crippen LogP) is 2.38. The van der Waals surface area contributed by atoms with Gasteiger partial charge in [0.25, 0.3) is 0 Å². The molecule has 1 heterocycles. The van der Waals surface area contributed by atoms with Gasteiger partial charge in [-0.05, 0) is 43.5 Å². The first-order valence-electron chi connectivity index (χ1n) is 6.59. The highest BCUT2D eigenvalue weighted by atomic mass is 16.3. The number of aliphatic hydroxyl groups is 1. The van der Waals surface area contributed by atoms with Crippen LogP contribution in [0.25, 0.3) is 0 Å². The maximum atomic E-state index is 10.3. The number of aryl methyl sites for hydroxylation is 1. The summed E-state index contributed by atoms with van der Waals surface area (Å²) in [5.74, 6) is 0. The lowest BCUT2D eigenvalue weighted by molar-refractivity contribution is 0.150. The van der Waals surface area contributed by atoms with Crippen LogP contribution in [0.15, 0.2) is 24.3 Å². The van der Waals surface area contributed by atoms with Gasteiger partial charge < -0.3 is 10.8 Å². The Morgan fingerprint density at radius 1 is 1.37 bits per heavy atom. The Hall–Kier alpha value is -1.81. The van der Waals surface area contributed by atoms with Crippen LogP contribution in [-0.2, 0) is 13.0 Å². The van der Waals surface area contributed by atoms with E-state index in [1.807, 2.05) is 36.7 Å². The van der Waals surface area contributed by atoms with Gasteiger partial charge in [-0.1, -0.05) is 19.1 Å². The number of nitrogens with zero attached hydrogens (tertiary/aromatic N) is 2. The first-order valence-corrected chi connectivity index (χ1v) is 6.59. The van der Waals surface area contributed by atoms with E-state index >= 15 is 0 Å². The summed E-state index contributed by atoms with van der Waals surface area (Å²) in [4.78, 5) is 0. The van der Waals surface area contributed by atoms with Crippen molar-refractivity contribution < 1.29 is 5.11 Å². The summed E-state index contributed by atoms with van der Waals surface area (Å²) in [5, 5.41) is 14.8. The summed E-state index contributed by atoms with van der Waals surface area (Å²) >= 11 is 0. The smallest absolute Gasteiger partial charge is 0.0986 e. The summed E-state index contributed by atoms with van der Waals surface area (Å²) in [6.07, 6.45) is 0.373. The Bertz CT molecular complexity index is 575. The Labute approximate surface area is 113 Å². The van der Waals surface area contributed by atoms with Gasteiger partial charge in [0, 0.05) is 11.4 Å². The van der Waals surface area contributed by atoms with Crippen LogP contribution < -0.4 is 5.73 Å². The monoisotopic (exact) mass is 259 g/mol. The fourth-order valence-corrected chi connectivity index (χ4v) is 2.46. The molecule has 0 fully saturated rings. The maximum Gasteiger partial charge on any atom is 0.0986 e. The highest BCUT2D eigenvalue weighted by Crippen LogP contribution is 2.20. The zero-order valence-electron chi connectivity index (χ0n) is 11.7. The number of nitrogen functional groups attached to an aromatic ring is 1. The summed E-state index contributed by atoms with van der Waals surface area (Å²) in [7, 11) is 0. The minimum absolute atomic E-state index is 0.454. The molecular weight excluding hydrogens is 238 g/mol. The van der Waals surface area contributed by atoms with Crippen molar-refractivity contribution in [3.8, 4) is 0 Å². The van der Waals surface area contributed by atoms with Gasteiger partial charge >= 0.3 is 0 Å². The predicted molar refractivity (Wildman–Crippen MR) is 76.9 cm³/mol. The lowest BCUT2D eigenvalue weighted by atomic mass is 10.1. The molecule has 1 aromatic heterocycles. The number of anilines is 1. The van der Waals surface area contributed by atoms with Crippen LogP contribution in [0.2, 0.25) is 0 Å². The molecule has 0 aliphatic carbocycles. The second-order valence-corrected chi connectivity index (χ2v) is 4.87. The number of benzene rings is 1. The molecule has 0 radical (unpaired) electrons. The molecule has 0 bridgehead atoms. The Balaban J connectivity index is 2.22. The van der Waals surface area contributed by atoms with Gasteiger partial charge in [0.2, 0.25) is 0 Å². The van der Waals surface area contributed by atoms with Crippen molar-refractivity contribution in [2.75, 3.05) is 5.73 Å². The first-order chi connectivity index (χ1) is 9.02. The third-order valence-electron chi connectivity index (χ3n) is 3.53. The molecule has 2 rings (SSSR count). The summed E-state index contributed by atoms with van der Waals surface area (Å²) in [6.45, 7) is 6.63. The molecule has 0 amide bonds. The van der Waals surface area contributed by atoms with E-state index in [1.54, 1.807) is 6.07 Å². The SMILES string of the molecule is CCc1c(C)nn(CC(O)c2cccc(N)c2)c1C. The number of hydrogen-bond donors (Lipinski definition) is 2. The van der Waals surface area contributed by atoms with E-state index in [1.165, 1.54) is 5.56 Å². The molecule has 1 aromatic carbocycles. The third kappa shape index (κ3) is 2.79. The Kier molecular flexibility index (Phi) is 3.90. The van der Waals surface area contributed by atoms with Crippen LogP contribution in [0, 0.1) is 13.8 Å². The molecule has 0 spiro atoms. The zero-order valence-corrected chi connectivity index (χ0v) is 11.7. The summed E-state index contributed by atoms with van der Waals surface area (Å²) in [5.41, 5.74) is 10.7. The van der Waals surface area contributed by atoms with Crippen molar-refractivity contribution >= 4 is 5.69 Å². The molecule has 3 N–H and O–H groups in total. The van der Waals surface area contributed by atoms with Gasteiger partial charge in [-0.2, -0.15) is 5.10 Å². The van der Waals surface area contributed by atoms with Crippen molar-refractivity contribution in [3.05, 3.63) is 46.8 Å². The standard InChI is InChI=1S/C15H21N3O/c1-4-14-10(2)17-18(11(14)3)9-15(19)12-6-5-7-13(16)8-12/h5-8,15,19H,4,9,16H2,1-3H3. The third-order valence-corrected chi connectivity index (χ3v) is 3.53. The largest absolute Gasteiger partial charge is 0.399 e. The summed E-state index contributed by atoms with van der Waals surface area (Å²) < 4.78 is 1.88. The highest BCUT2D eigenvalue weighted by Gasteiger charge is 2.14. The second-order valence-electron chi connectivity index (χ2n) is 4.87. The molecule has 4 heteroatoms. The Morgan fingerprint density at radius 2 is 2.11 bits per heavy atom. The minimum atomic E-state index is -0.591. The molecule has 1 unspecified atom stereocenters. The number of aliphatic hydroxyl groups excluding tert-OH is 1. The number of nitrogens with two attached hydrogens (primary N) is 1. The second kappa shape index (κ2) is 5.45. The first kappa shape index (κ1) is 13.6. The lowest BCUT2D eigenvalue weighted by Crippen LogP contribution is -2.12. The topological polar surface area (TPSA) is 64.1 Å². The van der Waals surface area contributed by atoms with E-state index in [2.05, 4.69) is 12.0 Å². The molecule has 0 aliphatic rings. The fraction of sp³-hybridized carbons (Fsp3) is 0.400. The van der Waals surface area contributed by atoms with E-state index in [4.69, 9.17) is 5.73 Å². The summed E-state index contributed by atoms with van der Waals surface area (Å²) in [6, 6.07) is 7.35. The van der Waals surface area contributed by atoms with Crippen LogP contribution in [0.4, 0.5) is 5.69 Å². The van der Waals surface area contributed by atoms with Gasteiger partial charge in [-0.3, -0.25) is 4.68 Å². The minimum Gasteiger partial charge on any atom is -0.399 e. The van der Waals surface area contributed by atoms with Crippen molar-refractivity contribution in [2.24, 2.45) is 0 Å². The van der Waals surface area contributed by atoms with Crippen LogP contribution in [0.5, 0.6) is 0 Å². The lowest BCUT2D eigenvalue weighted by Gasteiger charge is -2.13. The van der Waals surface area contributed by atoms with E-state index < -0.39 is 6.10 Å². The van der Waals surface area contributed by atoms with Crippen molar-refractivity contribution in [2.45, 2.75) is 39.8 Å². The quantitative estimate of drug-likeness (QED) is 0.829. The van der Waals surface area contributed by atoms with Gasteiger partial charge in [0.1, 0.15) is 0 Å². The van der Waals surface area contributed by atoms with Crippen molar-refractivity contribution in [1.29, 1.82) is 0 Å². The zero-order chi connectivity index (χ0) is 14.0. The maximum absolute atomic E-state index is 10.3. The number of aromatic nitrogens is 2. The van der Waals surface area contributed by atoms with Gasteiger partial charge in [-0.25, -0.2) is 0 Å². The van der Waals surface area contributed by atoms with Crippen molar-refractivity contribution in [1.82, 2.24) is 9.78 Å². The highest BCUT2D eigenvalue weighted by molar-refractivity contribution is 5.41. The molecule has 4 nitrogen and oxygen atoms in total. The molecule has 0 saturated carbocycles. The molecule has 0 aliphatic heterocycles. The fourth-order valence-electron chi connectivity index (χ4n) is 2.46. The van der Waals surface area contributed by atoms with E-state index in [0.717, 1.165) is 23.4 Å². The van der Waals surface area contributed by atoms with Gasteiger partial charge in [0.15, 0.2) is 0 Å². The number of hydrogen-bond acceptors (Lipinski definition) is 3. The molecule has 1 atom stereocenters. The Morgan fingerprint density at radius 3 is 2.68 bits per heavy atom. The van der Waals surface area contributed by atoms with Crippen molar-refractivity contribution in [3.63, 3.8) is 0 Å². The average Bonchev–Trinajstić information content (AvgIpc) is 2.64. The molecule has 102 valence electrons. The normalized spacial score (nSPS) is 12.6. The van der Waals surface area contributed by atoms with E-state index in [0.29, 0.717) is 12.2 Å². The van der Waals surface area contributed by atoms with Crippen LogP contribution in [0.3, 0.4) is 0 Å².